The third kappa shape index (κ3) is 7.94. The number of rotatable bonds is 8. The monoisotopic (exact) mass is 426 g/mol. The summed E-state index contributed by atoms with van der Waals surface area (Å²) < 4.78 is 43.7. The van der Waals surface area contributed by atoms with Crippen molar-refractivity contribution in [3.05, 3.63) is 66.4 Å². The van der Waals surface area contributed by atoms with Gasteiger partial charge in [-0.15, -0.1) is 0 Å². The Kier molecular flexibility index (Phi) is 10.2. The number of nitrogens with one attached hydrogen (secondary N) is 1. The molecular formula is C22H29F3N2O3. The van der Waals surface area contributed by atoms with E-state index < -0.39 is 11.7 Å². The number of hydrogen-bond acceptors (Lipinski definition) is 4. The largest absolute Gasteiger partial charge is 0.484 e. The number of carbonyl (C=O) groups excluding carboxylic acids is 1. The number of halogens is 3. The lowest BCUT2D eigenvalue weighted by Gasteiger charge is -2.18. The molecule has 1 atom stereocenters. The summed E-state index contributed by atoms with van der Waals surface area (Å²) in [6.07, 6.45) is -2.26. The molecule has 0 spiro atoms. The van der Waals surface area contributed by atoms with Gasteiger partial charge in [-0.25, -0.2) is 0 Å². The third-order valence-corrected chi connectivity index (χ3v) is 4.28. The number of nitrogens with zero attached hydrogens (tertiary/aromatic N) is 1. The molecule has 1 amide bonds. The summed E-state index contributed by atoms with van der Waals surface area (Å²) in [7, 11) is 0. The maximum Gasteiger partial charge on any atom is 0.416 e. The van der Waals surface area contributed by atoms with Gasteiger partial charge in [0.15, 0.2) is 6.61 Å². The van der Waals surface area contributed by atoms with Crippen LogP contribution in [0.2, 0.25) is 0 Å². The van der Waals surface area contributed by atoms with Crippen LogP contribution in [0.5, 0.6) is 5.75 Å². The summed E-state index contributed by atoms with van der Waals surface area (Å²) in [6, 6.07) is 6.55. The van der Waals surface area contributed by atoms with E-state index in [2.05, 4.69) is 18.5 Å². The number of carbonyl (C=O) groups is 1. The van der Waals surface area contributed by atoms with Crippen LogP contribution in [0.4, 0.5) is 13.2 Å². The van der Waals surface area contributed by atoms with Crippen molar-refractivity contribution >= 4 is 5.91 Å². The molecule has 0 bridgehead atoms. The summed E-state index contributed by atoms with van der Waals surface area (Å²) in [4.78, 5) is 13.9. The molecule has 1 saturated heterocycles. The molecule has 0 saturated carbocycles. The molecule has 5 nitrogen and oxygen atoms in total. The SMILES string of the molecule is C=C/C(=C\C(=C)NC1CCN(C(=O)COc2ccc(CO)cc2)C1)C(F)(F)F.CC. The van der Waals surface area contributed by atoms with Crippen molar-refractivity contribution in [1.29, 1.82) is 0 Å². The van der Waals surface area contributed by atoms with Gasteiger partial charge in [-0.3, -0.25) is 4.79 Å². The fourth-order valence-electron chi connectivity index (χ4n) is 2.78. The lowest BCUT2D eigenvalue weighted by Crippen LogP contribution is -2.36. The van der Waals surface area contributed by atoms with Crippen molar-refractivity contribution < 1.29 is 27.8 Å². The number of alkyl halides is 3. The zero-order valence-corrected chi connectivity index (χ0v) is 17.3. The average molecular weight is 426 g/mol. The smallest absolute Gasteiger partial charge is 0.416 e. The van der Waals surface area contributed by atoms with E-state index in [1.807, 2.05) is 13.8 Å². The Hall–Kier alpha value is -2.74. The van der Waals surface area contributed by atoms with Gasteiger partial charge in [-0.1, -0.05) is 45.2 Å². The van der Waals surface area contributed by atoms with Crippen LogP contribution < -0.4 is 10.1 Å². The number of aliphatic hydroxyl groups excluding tert-OH is 1. The molecule has 0 aromatic heterocycles. The molecular weight excluding hydrogens is 397 g/mol. The first-order chi connectivity index (χ1) is 14.2. The van der Waals surface area contributed by atoms with Crippen molar-refractivity contribution in [2.45, 2.75) is 39.1 Å². The van der Waals surface area contributed by atoms with Crippen LogP contribution in [0.15, 0.2) is 60.8 Å². The van der Waals surface area contributed by atoms with Gasteiger partial charge in [0.25, 0.3) is 5.91 Å². The Morgan fingerprint density at radius 1 is 1.33 bits per heavy atom. The van der Waals surface area contributed by atoms with Crippen LogP contribution in [0.25, 0.3) is 0 Å². The van der Waals surface area contributed by atoms with Gasteiger partial charge in [-0.05, 0) is 30.2 Å². The van der Waals surface area contributed by atoms with Gasteiger partial charge in [-0.2, -0.15) is 13.2 Å². The van der Waals surface area contributed by atoms with Crippen molar-refractivity contribution in [3.63, 3.8) is 0 Å². The molecule has 166 valence electrons. The van der Waals surface area contributed by atoms with Crippen LogP contribution in [0, 0.1) is 0 Å². The number of likely N-dealkylation sites (tertiary alicyclic amines) is 1. The second kappa shape index (κ2) is 12.1. The number of aliphatic hydroxyl groups is 1. The first kappa shape index (κ1) is 25.3. The molecule has 1 aliphatic rings. The second-order valence-corrected chi connectivity index (χ2v) is 6.39. The van der Waals surface area contributed by atoms with Crippen molar-refractivity contribution in [2.24, 2.45) is 0 Å². The first-order valence-corrected chi connectivity index (χ1v) is 9.70. The van der Waals surface area contributed by atoms with Crippen LogP contribution in [0.1, 0.15) is 25.8 Å². The minimum atomic E-state index is -4.49. The van der Waals surface area contributed by atoms with Gasteiger partial charge in [0.05, 0.1) is 12.2 Å². The molecule has 2 rings (SSSR count). The highest BCUT2D eigenvalue weighted by molar-refractivity contribution is 5.78. The Labute approximate surface area is 175 Å². The van der Waals surface area contributed by atoms with Crippen LogP contribution >= 0.6 is 0 Å². The number of ether oxygens (including phenoxy) is 1. The van der Waals surface area contributed by atoms with E-state index in [1.165, 1.54) is 0 Å². The zero-order valence-electron chi connectivity index (χ0n) is 17.3. The summed E-state index contributed by atoms with van der Waals surface area (Å²) >= 11 is 0. The molecule has 0 aliphatic carbocycles. The molecule has 1 aromatic carbocycles. The Morgan fingerprint density at radius 2 is 1.97 bits per heavy atom. The topological polar surface area (TPSA) is 61.8 Å². The van der Waals surface area contributed by atoms with E-state index in [0.29, 0.717) is 25.3 Å². The van der Waals surface area contributed by atoms with E-state index in [4.69, 9.17) is 9.84 Å². The van der Waals surface area contributed by atoms with Crippen LogP contribution in [0.3, 0.4) is 0 Å². The van der Waals surface area contributed by atoms with E-state index in [1.54, 1.807) is 29.2 Å². The number of hydrogen-bond donors (Lipinski definition) is 2. The second-order valence-electron chi connectivity index (χ2n) is 6.39. The summed E-state index contributed by atoms with van der Waals surface area (Å²) in [5.74, 6) is 0.306. The molecule has 8 heteroatoms. The third-order valence-electron chi connectivity index (χ3n) is 4.28. The predicted octanol–water partition coefficient (Wildman–Crippen LogP) is 3.96. The Balaban J connectivity index is 0.00000218. The van der Waals surface area contributed by atoms with Crippen molar-refractivity contribution in [2.75, 3.05) is 19.7 Å². The predicted molar refractivity (Wildman–Crippen MR) is 111 cm³/mol. The van der Waals surface area contributed by atoms with Gasteiger partial charge in [0.2, 0.25) is 0 Å². The van der Waals surface area contributed by atoms with Gasteiger partial charge >= 0.3 is 6.18 Å². The Morgan fingerprint density at radius 3 is 2.50 bits per heavy atom. The van der Waals surface area contributed by atoms with E-state index in [9.17, 15) is 18.0 Å². The fraction of sp³-hybridized carbons (Fsp3) is 0.409. The first-order valence-electron chi connectivity index (χ1n) is 9.70. The quantitative estimate of drug-likeness (QED) is 0.618. The minimum absolute atomic E-state index is 0.0703. The van der Waals surface area contributed by atoms with Gasteiger partial charge in [0, 0.05) is 24.8 Å². The molecule has 0 radical (unpaired) electrons. The molecule has 1 unspecified atom stereocenters. The van der Waals surface area contributed by atoms with Crippen LogP contribution in [-0.2, 0) is 11.4 Å². The van der Waals surface area contributed by atoms with Gasteiger partial charge < -0.3 is 20.1 Å². The highest BCUT2D eigenvalue weighted by atomic mass is 19.4. The normalized spacial score (nSPS) is 16.4. The zero-order chi connectivity index (χ0) is 22.7. The lowest BCUT2D eigenvalue weighted by atomic mass is 10.2. The molecule has 1 aromatic rings. The van der Waals surface area contributed by atoms with E-state index in [-0.39, 0.29) is 30.9 Å². The van der Waals surface area contributed by atoms with E-state index in [0.717, 1.165) is 17.7 Å². The molecule has 30 heavy (non-hydrogen) atoms. The van der Waals surface area contributed by atoms with Crippen LogP contribution in [-0.4, -0.2) is 47.8 Å². The maximum absolute atomic E-state index is 12.7. The maximum atomic E-state index is 12.7. The van der Waals surface area contributed by atoms with Crippen molar-refractivity contribution in [3.8, 4) is 5.75 Å². The molecule has 2 N–H and O–H groups in total. The fourth-order valence-corrected chi connectivity index (χ4v) is 2.78. The van der Waals surface area contributed by atoms with E-state index >= 15 is 0 Å². The number of amides is 1. The minimum Gasteiger partial charge on any atom is -0.484 e. The molecule has 1 fully saturated rings. The standard InChI is InChI=1S/C20H23F3N2O3.C2H6/c1-3-16(20(21,22)23)10-14(2)24-17-8-9-25(11-17)19(27)13-28-18-6-4-15(12-26)5-7-18;1-2/h3-7,10,17,24,26H,1-2,8-9,11-13H2;1-2H3/b16-10+;. The summed E-state index contributed by atoms with van der Waals surface area (Å²) in [5, 5.41) is 11.9. The lowest BCUT2D eigenvalue weighted by molar-refractivity contribution is -0.132. The molecule has 1 aliphatic heterocycles. The van der Waals surface area contributed by atoms with Crippen molar-refractivity contribution in [1.82, 2.24) is 10.2 Å². The summed E-state index contributed by atoms with van der Waals surface area (Å²) in [6.45, 7) is 11.4. The highest BCUT2D eigenvalue weighted by Crippen LogP contribution is 2.27. The number of benzene rings is 1. The number of allylic oxidation sites excluding steroid dienone is 3. The van der Waals surface area contributed by atoms with Gasteiger partial charge in [0.1, 0.15) is 5.75 Å². The Bertz CT molecular complexity index is 743. The summed E-state index contributed by atoms with van der Waals surface area (Å²) in [5.41, 5.74) is -0.0187. The molecule has 1 heterocycles. The highest BCUT2D eigenvalue weighted by Gasteiger charge is 2.32. The average Bonchev–Trinajstić information content (AvgIpc) is 3.19.